The molecule has 0 saturated heterocycles. The monoisotopic (exact) mass is 293 g/mol. The zero-order valence-electron chi connectivity index (χ0n) is 13.6. The molecule has 1 aliphatic carbocycles. The Labute approximate surface area is 129 Å². The van der Waals surface area contributed by atoms with Crippen LogP contribution in [0, 0.1) is 17.8 Å². The highest BCUT2D eigenvalue weighted by Gasteiger charge is 2.31. The van der Waals surface area contributed by atoms with E-state index in [0.717, 1.165) is 24.3 Å². The minimum atomic E-state index is 0.593. The molecular weight excluding hydrogens is 262 g/mol. The van der Waals surface area contributed by atoms with E-state index in [2.05, 4.69) is 45.1 Å². The molecule has 1 N–H and O–H groups in total. The lowest BCUT2D eigenvalue weighted by Crippen LogP contribution is -2.33. The molecule has 1 saturated carbocycles. The van der Waals surface area contributed by atoms with Gasteiger partial charge in [-0.15, -0.1) is 11.3 Å². The number of hydrogen-bond acceptors (Lipinski definition) is 2. The second-order valence-corrected chi connectivity index (χ2v) is 7.82. The highest BCUT2D eigenvalue weighted by Crippen LogP contribution is 2.41. The first kappa shape index (κ1) is 16.0. The van der Waals surface area contributed by atoms with Crippen LogP contribution in [0.4, 0.5) is 0 Å². The standard InChI is InChI=1S/C18H31NS/c1-5-11-19-18(17-10-9-16(6-2)20-17)15-8-7-13(3)14(4)12-15/h9-10,13-15,18-19H,5-8,11-12H2,1-4H3. The van der Waals surface area contributed by atoms with Crippen LogP contribution in [0.3, 0.4) is 0 Å². The number of aryl methyl sites for hydroxylation is 1. The van der Waals surface area contributed by atoms with Crippen LogP contribution in [-0.2, 0) is 6.42 Å². The number of hydrogen-bond donors (Lipinski definition) is 1. The average molecular weight is 294 g/mol. The molecule has 20 heavy (non-hydrogen) atoms. The van der Waals surface area contributed by atoms with Gasteiger partial charge in [-0.1, -0.05) is 34.1 Å². The van der Waals surface area contributed by atoms with E-state index < -0.39 is 0 Å². The summed E-state index contributed by atoms with van der Waals surface area (Å²) in [5, 5.41) is 3.84. The van der Waals surface area contributed by atoms with E-state index in [9.17, 15) is 0 Å². The minimum absolute atomic E-state index is 0.593. The summed E-state index contributed by atoms with van der Waals surface area (Å²) in [6, 6.07) is 5.30. The molecular formula is C18H31NS. The Morgan fingerprint density at radius 3 is 2.60 bits per heavy atom. The molecule has 1 nitrogen and oxygen atoms in total. The van der Waals surface area contributed by atoms with Crippen molar-refractivity contribution in [3.63, 3.8) is 0 Å². The van der Waals surface area contributed by atoms with E-state index in [1.165, 1.54) is 37.0 Å². The maximum atomic E-state index is 3.84. The van der Waals surface area contributed by atoms with Crippen LogP contribution >= 0.6 is 11.3 Å². The third-order valence-corrected chi connectivity index (χ3v) is 6.37. The summed E-state index contributed by atoms with van der Waals surface area (Å²) in [6.45, 7) is 10.5. The van der Waals surface area contributed by atoms with Crippen LogP contribution in [0.1, 0.15) is 69.2 Å². The average Bonchev–Trinajstić information content (AvgIpc) is 2.92. The molecule has 2 rings (SSSR count). The zero-order valence-corrected chi connectivity index (χ0v) is 14.4. The summed E-state index contributed by atoms with van der Waals surface area (Å²) >= 11 is 2.02. The molecule has 0 bridgehead atoms. The lowest BCUT2D eigenvalue weighted by atomic mass is 9.73. The lowest BCUT2D eigenvalue weighted by molar-refractivity contribution is 0.172. The normalized spacial score (nSPS) is 28.5. The minimum Gasteiger partial charge on any atom is -0.309 e. The second kappa shape index (κ2) is 7.61. The molecule has 4 atom stereocenters. The molecule has 0 amide bonds. The van der Waals surface area contributed by atoms with Gasteiger partial charge in [-0.2, -0.15) is 0 Å². The molecule has 1 aromatic heterocycles. The van der Waals surface area contributed by atoms with Crippen molar-refractivity contribution >= 4 is 11.3 Å². The summed E-state index contributed by atoms with van der Waals surface area (Å²) in [4.78, 5) is 3.10. The second-order valence-electron chi connectivity index (χ2n) is 6.62. The van der Waals surface area contributed by atoms with Gasteiger partial charge in [0.2, 0.25) is 0 Å². The Balaban J connectivity index is 2.10. The molecule has 4 unspecified atom stereocenters. The van der Waals surface area contributed by atoms with Crippen molar-refractivity contribution in [3.8, 4) is 0 Å². The summed E-state index contributed by atoms with van der Waals surface area (Å²) in [6.07, 6.45) is 6.58. The third-order valence-electron chi connectivity index (χ3n) is 5.06. The molecule has 1 fully saturated rings. The van der Waals surface area contributed by atoms with E-state index in [4.69, 9.17) is 0 Å². The van der Waals surface area contributed by atoms with Crippen molar-refractivity contribution in [1.29, 1.82) is 0 Å². The molecule has 0 spiro atoms. The van der Waals surface area contributed by atoms with E-state index >= 15 is 0 Å². The Bertz CT molecular complexity index is 398. The Kier molecular flexibility index (Phi) is 6.10. The third kappa shape index (κ3) is 3.85. The van der Waals surface area contributed by atoms with Crippen LogP contribution in [0.25, 0.3) is 0 Å². The van der Waals surface area contributed by atoms with Gasteiger partial charge in [0.25, 0.3) is 0 Å². The molecule has 1 aromatic rings. The van der Waals surface area contributed by atoms with Gasteiger partial charge < -0.3 is 5.32 Å². The van der Waals surface area contributed by atoms with Crippen LogP contribution in [0.15, 0.2) is 12.1 Å². The quantitative estimate of drug-likeness (QED) is 0.738. The maximum Gasteiger partial charge on any atom is 0.0443 e. The summed E-state index contributed by atoms with van der Waals surface area (Å²) in [5.74, 6) is 2.62. The van der Waals surface area contributed by atoms with Gasteiger partial charge in [-0.05, 0) is 62.1 Å². The zero-order chi connectivity index (χ0) is 14.5. The number of thiophene rings is 1. The first-order valence-corrected chi connectivity index (χ1v) is 9.29. The van der Waals surface area contributed by atoms with Gasteiger partial charge in [-0.25, -0.2) is 0 Å². The highest BCUT2D eigenvalue weighted by atomic mass is 32.1. The Hall–Kier alpha value is -0.340. The van der Waals surface area contributed by atoms with Crippen LogP contribution in [0.5, 0.6) is 0 Å². The van der Waals surface area contributed by atoms with Crippen molar-refractivity contribution < 1.29 is 0 Å². The van der Waals surface area contributed by atoms with Crippen molar-refractivity contribution in [2.24, 2.45) is 17.8 Å². The van der Waals surface area contributed by atoms with Crippen molar-refractivity contribution in [2.45, 2.75) is 65.8 Å². The fourth-order valence-electron chi connectivity index (χ4n) is 3.44. The summed E-state index contributed by atoms with van der Waals surface area (Å²) in [7, 11) is 0. The SMILES string of the molecule is CCCNC(c1ccc(CC)s1)C1CCC(C)C(C)C1. The van der Waals surface area contributed by atoms with Gasteiger partial charge >= 0.3 is 0 Å². The van der Waals surface area contributed by atoms with Gasteiger partial charge in [0.05, 0.1) is 0 Å². The highest BCUT2D eigenvalue weighted by molar-refractivity contribution is 7.12. The number of rotatable bonds is 6. The van der Waals surface area contributed by atoms with Crippen molar-refractivity contribution in [1.82, 2.24) is 5.32 Å². The Morgan fingerprint density at radius 2 is 2.00 bits per heavy atom. The molecule has 0 aliphatic heterocycles. The van der Waals surface area contributed by atoms with Crippen LogP contribution < -0.4 is 5.32 Å². The smallest absolute Gasteiger partial charge is 0.0443 e. The largest absolute Gasteiger partial charge is 0.309 e. The summed E-state index contributed by atoms with van der Waals surface area (Å²) < 4.78 is 0. The van der Waals surface area contributed by atoms with E-state index in [0.29, 0.717) is 6.04 Å². The van der Waals surface area contributed by atoms with Crippen LogP contribution in [-0.4, -0.2) is 6.54 Å². The predicted octanol–water partition coefficient (Wildman–Crippen LogP) is 5.42. The van der Waals surface area contributed by atoms with E-state index in [1.807, 2.05) is 11.3 Å². The maximum absolute atomic E-state index is 3.84. The summed E-state index contributed by atoms with van der Waals surface area (Å²) in [5.41, 5.74) is 0. The fourth-order valence-corrected chi connectivity index (χ4v) is 4.57. The lowest BCUT2D eigenvalue weighted by Gasteiger charge is -2.37. The van der Waals surface area contributed by atoms with Gasteiger partial charge in [0.1, 0.15) is 0 Å². The molecule has 2 heteroatoms. The molecule has 1 aliphatic rings. The van der Waals surface area contributed by atoms with Gasteiger partial charge in [0, 0.05) is 15.8 Å². The molecule has 1 heterocycles. The fraction of sp³-hybridized carbons (Fsp3) is 0.778. The van der Waals surface area contributed by atoms with Crippen molar-refractivity contribution in [3.05, 3.63) is 21.9 Å². The van der Waals surface area contributed by atoms with E-state index in [1.54, 1.807) is 4.88 Å². The van der Waals surface area contributed by atoms with Crippen LogP contribution in [0.2, 0.25) is 0 Å². The van der Waals surface area contributed by atoms with E-state index in [-0.39, 0.29) is 0 Å². The molecule has 0 aromatic carbocycles. The first-order chi connectivity index (χ1) is 9.65. The topological polar surface area (TPSA) is 12.0 Å². The Morgan fingerprint density at radius 1 is 1.20 bits per heavy atom. The van der Waals surface area contributed by atoms with Gasteiger partial charge in [-0.3, -0.25) is 0 Å². The van der Waals surface area contributed by atoms with Gasteiger partial charge in [0.15, 0.2) is 0 Å². The molecule has 0 radical (unpaired) electrons. The van der Waals surface area contributed by atoms with Crippen molar-refractivity contribution in [2.75, 3.05) is 6.54 Å². The molecule has 114 valence electrons. The predicted molar refractivity (Wildman–Crippen MR) is 90.4 cm³/mol. The number of nitrogens with one attached hydrogen (secondary N) is 1. The first-order valence-electron chi connectivity index (χ1n) is 8.47.